The molecule has 2 aliphatic rings. The van der Waals surface area contributed by atoms with Crippen LogP contribution in [-0.2, 0) is 19.7 Å². The Labute approximate surface area is 134 Å². The number of hydrogen-bond acceptors (Lipinski definition) is 3. The molecule has 0 amide bonds. The first-order chi connectivity index (χ1) is 10.7. The molecule has 3 rings (SSSR count). The molecule has 3 nitrogen and oxygen atoms in total. The number of allylic oxidation sites excluding steroid dienone is 2. The van der Waals surface area contributed by atoms with Crippen molar-refractivity contribution in [2.75, 3.05) is 21.3 Å². The van der Waals surface area contributed by atoms with Crippen LogP contribution in [0.4, 0.5) is 0 Å². The zero-order valence-electron chi connectivity index (χ0n) is 13.7. The molecule has 0 spiro atoms. The van der Waals surface area contributed by atoms with Gasteiger partial charge in [0, 0.05) is 27.4 Å². The quantitative estimate of drug-likeness (QED) is 0.565. The molecule has 3 atom stereocenters. The van der Waals surface area contributed by atoms with Gasteiger partial charge in [-0.05, 0) is 48.1 Å². The summed E-state index contributed by atoms with van der Waals surface area (Å²) in [5.41, 5.74) is 2.82. The lowest BCUT2D eigenvalue weighted by atomic mass is 9.86. The number of fused-ring (bicyclic) bond motifs is 2. The predicted molar refractivity (Wildman–Crippen MR) is 89.8 cm³/mol. The first-order valence-electron chi connectivity index (χ1n) is 8.12. The average Bonchev–Trinajstić information content (AvgIpc) is 3.20. The number of rotatable bonds is 7. The van der Waals surface area contributed by atoms with Crippen molar-refractivity contribution in [2.24, 2.45) is 11.8 Å². The van der Waals surface area contributed by atoms with Gasteiger partial charge in [-0.3, -0.25) is 0 Å². The molecular weight excluding hydrogens is 292 g/mol. The monoisotopic (exact) mass is 318 g/mol. The standard InChI is InChI=1S/C18H26O3Si/c1-19-22(20-2,21-3)11-10-14-4-7-16(8-5-14)18-13-15-6-9-17(18)12-15/h4-9,15,17-18H,10-13H2,1-3H3. The van der Waals surface area contributed by atoms with Crippen LogP contribution in [0.2, 0.25) is 6.04 Å². The second kappa shape index (κ2) is 6.67. The molecule has 1 aromatic rings. The minimum absolute atomic E-state index is 0.731. The molecule has 2 aliphatic carbocycles. The molecule has 0 radical (unpaired) electrons. The van der Waals surface area contributed by atoms with Crippen LogP contribution in [0.1, 0.15) is 29.9 Å². The molecule has 120 valence electrons. The second-order valence-electron chi connectivity index (χ2n) is 6.42. The van der Waals surface area contributed by atoms with E-state index in [1.54, 1.807) is 21.3 Å². The van der Waals surface area contributed by atoms with Crippen LogP contribution in [0.15, 0.2) is 36.4 Å². The van der Waals surface area contributed by atoms with Gasteiger partial charge in [0.1, 0.15) is 0 Å². The molecular formula is C18H26O3Si. The Morgan fingerprint density at radius 3 is 2.14 bits per heavy atom. The summed E-state index contributed by atoms with van der Waals surface area (Å²) >= 11 is 0. The van der Waals surface area contributed by atoms with E-state index in [2.05, 4.69) is 36.4 Å². The maximum Gasteiger partial charge on any atom is 0.500 e. The average molecular weight is 318 g/mol. The topological polar surface area (TPSA) is 27.7 Å². The van der Waals surface area contributed by atoms with Crippen molar-refractivity contribution >= 4 is 8.80 Å². The molecule has 0 N–H and O–H groups in total. The van der Waals surface area contributed by atoms with E-state index in [-0.39, 0.29) is 0 Å². The van der Waals surface area contributed by atoms with Crippen LogP contribution in [0, 0.1) is 11.8 Å². The maximum absolute atomic E-state index is 5.48. The Bertz CT molecular complexity index is 513. The third-order valence-corrected chi connectivity index (χ3v) is 8.07. The van der Waals surface area contributed by atoms with Gasteiger partial charge in [-0.1, -0.05) is 36.4 Å². The lowest BCUT2D eigenvalue weighted by Gasteiger charge is -2.24. The van der Waals surface area contributed by atoms with Gasteiger partial charge in [0.25, 0.3) is 0 Å². The van der Waals surface area contributed by atoms with Gasteiger partial charge in [0.15, 0.2) is 0 Å². The minimum Gasteiger partial charge on any atom is -0.377 e. The number of aryl methyl sites for hydroxylation is 1. The summed E-state index contributed by atoms with van der Waals surface area (Å²) in [4.78, 5) is 0. The van der Waals surface area contributed by atoms with Crippen molar-refractivity contribution in [3.05, 3.63) is 47.5 Å². The molecule has 0 heterocycles. The second-order valence-corrected chi connectivity index (χ2v) is 9.51. The summed E-state index contributed by atoms with van der Waals surface area (Å²) < 4.78 is 16.4. The van der Waals surface area contributed by atoms with E-state index < -0.39 is 8.80 Å². The molecule has 22 heavy (non-hydrogen) atoms. The van der Waals surface area contributed by atoms with E-state index >= 15 is 0 Å². The van der Waals surface area contributed by atoms with Crippen molar-refractivity contribution in [1.29, 1.82) is 0 Å². The van der Waals surface area contributed by atoms with Gasteiger partial charge < -0.3 is 13.3 Å². The van der Waals surface area contributed by atoms with E-state index in [0.29, 0.717) is 0 Å². The van der Waals surface area contributed by atoms with Crippen LogP contribution in [0.25, 0.3) is 0 Å². The Morgan fingerprint density at radius 2 is 1.64 bits per heavy atom. The Hall–Kier alpha value is -0.943. The highest BCUT2D eigenvalue weighted by molar-refractivity contribution is 6.60. The van der Waals surface area contributed by atoms with Crippen LogP contribution in [-0.4, -0.2) is 30.1 Å². The smallest absolute Gasteiger partial charge is 0.377 e. The van der Waals surface area contributed by atoms with Crippen molar-refractivity contribution in [3.63, 3.8) is 0 Å². The highest BCUT2D eigenvalue weighted by Crippen LogP contribution is 2.48. The first-order valence-corrected chi connectivity index (χ1v) is 10.1. The third kappa shape index (κ3) is 3.06. The van der Waals surface area contributed by atoms with E-state index in [9.17, 15) is 0 Å². The molecule has 0 aromatic heterocycles. The minimum atomic E-state index is -2.46. The summed E-state index contributed by atoms with van der Waals surface area (Å²) in [5.74, 6) is 2.33. The molecule has 1 saturated carbocycles. The molecule has 0 saturated heterocycles. The van der Waals surface area contributed by atoms with Crippen molar-refractivity contribution in [3.8, 4) is 0 Å². The van der Waals surface area contributed by atoms with E-state index in [1.165, 1.54) is 24.0 Å². The van der Waals surface area contributed by atoms with Gasteiger partial charge in [0.2, 0.25) is 0 Å². The third-order valence-electron chi connectivity index (χ3n) is 5.34. The van der Waals surface area contributed by atoms with E-state index in [4.69, 9.17) is 13.3 Å². The van der Waals surface area contributed by atoms with Gasteiger partial charge in [-0.15, -0.1) is 0 Å². The van der Waals surface area contributed by atoms with Crippen molar-refractivity contribution in [2.45, 2.75) is 31.2 Å². The summed E-state index contributed by atoms with van der Waals surface area (Å²) in [6, 6.07) is 9.94. The van der Waals surface area contributed by atoms with Crippen molar-refractivity contribution < 1.29 is 13.3 Å². The Kier molecular flexibility index (Phi) is 4.83. The van der Waals surface area contributed by atoms with Gasteiger partial charge in [-0.2, -0.15) is 0 Å². The van der Waals surface area contributed by atoms with Crippen LogP contribution in [0.3, 0.4) is 0 Å². The lowest BCUT2D eigenvalue weighted by Crippen LogP contribution is -2.43. The summed E-state index contributed by atoms with van der Waals surface area (Å²) in [6.45, 7) is 0. The van der Waals surface area contributed by atoms with Crippen molar-refractivity contribution in [1.82, 2.24) is 0 Å². The Balaban J connectivity index is 1.61. The van der Waals surface area contributed by atoms with Crippen LogP contribution >= 0.6 is 0 Å². The fraction of sp³-hybridized carbons (Fsp3) is 0.556. The largest absolute Gasteiger partial charge is 0.500 e. The van der Waals surface area contributed by atoms with Gasteiger partial charge >= 0.3 is 8.80 Å². The number of benzene rings is 1. The fourth-order valence-corrected chi connectivity index (χ4v) is 5.66. The predicted octanol–water partition coefficient (Wildman–Crippen LogP) is 3.79. The zero-order valence-corrected chi connectivity index (χ0v) is 14.7. The first kappa shape index (κ1) is 15.9. The summed E-state index contributed by atoms with van der Waals surface area (Å²) in [6.07, 6.45) is 8.44. The van der Waals surface area contributed by atoms with Gasteiger partial charge in [-0.25, -0.2) is 0 Å². The molecule has 2 bridgehead atoms. The normalized spacial score (nSPS) is 26.8. The summed E-state index contributed by atoms with van der Waals surface area (Å²) in [7, 11) is 2.56. The van der Waals surface area contributed by atoms with Crippen LogP contribution in [0.5, 0.6) is 0 Å². The SMILES string of the molecule is CO[Si](CCc1ccc(C2CC3C=CC2C3)cc1)(OC)OC. The van der Waals surface area contributed by atoms with E-state index in [0.717, 1.165) is 30.2 Å². The van der Waals surface area contributed by atoms with Gasteiger partial charge in [0.05, 0.1) is 0 Å². The highest BCUT2D eigenvalue weighted by atomic mass is 28.4. The molecule has 0 aliphatic heterocycles. The maximum atomic E-state index is 5.48. The van der Waals surface area contributed by atoms with Crippen LogP contribution < -0.4 is 0 Å². The highest BCUT2D eigenvalue weighted by Gasteiger charge is 2.38. The molecule has 3 unspecified atom stereocenters. The number of hydrogen-bond donors (Lipinski definition) is 0. The molecule has 4 heteroatoms. The van der Waals surface area contributed by atoms with E-state index in [1.807, 2.05) is 0 Å². The molecule has 1 aromatic carbocycles. The Morgan fingerprint density at radius 1 is 0.955 bits per heavy atom. The fourth-order valence-electron chi connectivity index (χ4n) is 3.95. The summed E-state index contributed by atoms with van der Waals surface area (Å²) in [5, 5.41) is 0. The molecule has 1 fully saturated rings. The lowest BCUT2D eigenvalue weighted by molar-refractivity contribution is 0.123. The zero-order chi connectivity index (χ0) is 15.6.